The van der Waals surface area contributed by atoms with Crippen LogP contribution >= 0.6 is 0 Å². The molecule has 5 heteroatoms. The molecule has 1 heterocycles. The molecule has 3 N–H and O–H groups in total. The van der Waals surface area contributed by atoms with Gasteiger partial charge in [-0.2, -0.15) is 0 Å². The zero-order chi connectivity index (χ0) is 11.3. The first-order valence-corrected chi connectivity index (χ1v) is 5.09. The van der Waals surface area contributed by atoms with Gasteiger partial charge in [0.25, 0.3) is 0 Å². The average Bonchev–Trinajstić information content (AvgIpc) is 2.61. The van der Waals surface area contributed by atoms with Gasteiger partial charge in [0.1, 0.15) is 11.5 Å². The molecule has 1 rings (SSSR count). The van der Waals surface area contributed by atoms with Gasteiger partial charge < -0.3 is 15.6 Å². The number of nitrogens with one attached hydrogen (secondary N) is 1. The molecule has 15 heavy (non-hydrogen) atoms. The Bertz CT molecular complexity index is 322. The molecule has 0 aliphatic heterocycles. The average molecular weight is 211 g/mol. The summed E-state index contributed by atoms with van der Waals surface area (Å²) in [7, 11) is 0. The van der Waals surface area contributed by atoms with Gasteiger partial charge in [-0.3, -0.25) is 4.79 Å². The highest BCUT2D eigenvalue weighted by atomic mass is 16.5. The highest BCUT2D eigenvalue weighted by Crippen LogP contribution is 2.01. The lowest BCUT2D eigenvalue weighted by molar-refractivity contribution is -0.122. The molecule has 0 saturated carbocycles. The van der Waals surface area contributed by atoms with Crippen LogP contribution in [-0.2, 0) is 11.3 Å². The standard InChI is InChI=1S/C10H17N3O2/c1-3-4-9(11)10(14)12-6-8-5-7(2)15-13-8/h5,9H,3-4,6,11H2,1-2H3,(H,12,14)/t9-/m0/s1. The molecule has 1 aromatic rings. The number of rotatable bonds is 5. The van der Waals surface area contributed by atoms with Gasteiger partial charge in [-0.1, -0.05) is 18.5 Å². The van der Waals surface area contributed by atoms with E-state index in [4.69, 9.17) is 10.3 Å². The third kappa shape index (κ3) is 3.71. The minimum absolute atomic E-state index is 0.141. The smallest absolute Gasteiger partial charge is 0.237 e. The summed E-state index contributed by atoms with van der Waals surface area (Å²) in [5, 5.41) is 6.47. The fourth-order valence-electron chi connectivity index (χ4n) is 1.25. The summed E-state index contributed by atoms with van der Waals surface area (Å²) in [6.45, 7) is 4.17. The van der Waals surface area contributed by atoms with Crippen LogP contribution in [0.25, 0.3) is 0 Å². The summed E-state index contributed by atoms with van der Waals surface area (Å²) in [4.78, 5) is 11.4. The van der Waals surface area contributed by atoms with E-state index in [9.17, 15) is 4.79 Å². The number of nitrogens with zero attached hydrogens (tertiary/aromatic N) is 1. The van der Waals surface area contributed by atoms with Crippen LogP contribution in [0.2, 0.25) is 0 Å². The zero-order valence-corrected chi connectivity index (χ0v) is 9.12. The van der Waals surface area contributed by atoms with Crippen LogP contribution in [0.15, 0.2) is 10.6 Å². The van der Waals surface area contributed by atoms with Gasteiger partial charge >= 0.3 is 0 Å². The second kappa shape index (κ2) is 5.50. The fraction of sp³-hybridized carbons (Fsp3) is 0.600. The van der Waals surface area contributed by atoms with Crippen molar-refractivity contribution in [3.05, 3.63) is 17.5 Å². The van der Waals surface area contributed by atoms with E-state index < -0.39 is 6.04 Å². The molecule has 1 aromatic heterocycles. The maximum atomic E-state index is 11.4. The van der Waals surface area contributed by atoms with Crippen molar-refractivity contribution >= 4 is 5.91 Å². The molecule has 0 unspecified atom stereocenters. The molecule has 84 valence electrons. The van der Waals surface area contributed by atoms with Crippen LogP contribution in [0.5, 0.6) is 0 Å². The SMILES string of the molecule is CCC[C@H](N)C(=O)NCc1cc(C)on1. The minimum Gasteiger partial charge on any atom is -0.361 e. The van der Waals surface area contributed by atoms with E-state index in [1.54, 1.807) is 13.0 Å². The van der Waals surface area contributed by atoms with E-state index >= 15 is 0 Å². The lowest BCUT2D eigenvalue weighted by atomic mass is 10.2. The molecular formula is C10H17N3O2. The number of aromatic nitrogens is 1. The van der Waals surface area contributed by atoms with Crippen molar-refractivity contribution in [2.75, 3.05) is 0 Å². The monoisotopic (exact) mass is 211 g/mol. The van der Waals surface area contributed by atoms with E-state index in [1.807, 2.05) is 6.92 Å². The Kier molecular flexibility index (Phi) is 4.30. The summed E-state index contributed by atoms with van der Waals surface area (Å²) in [6.07, 6.45) is 1.60. The second-order valence-corrected chi connectivity index (χ2v) is 3.54. The summed E-state index contributed by atoms with van der Waals surface area (Å²) < 4.78 is 4.87. The maximum Gasteiger partial charge on any atom is 0.237 e. The van der Waals surface area contributed by atoms with Gasteiger partial charge in [0.05, 0.1) is 12.6 Å². The first-order valence-electron chi connectivity index (χ1n) is 5.09. The molecule has 0 spiro atoms. The molecule has 0 radical (unpaired) electrons. The molecule has 0 saturated heterocycles. The molecule has 0 aromatic carbocycles. The first-order chi connectivity index (χ1) is 7.13. The van der Waals surface area contributed by atoms with Gasteiger partial charge in [0.2, 0.25) is 5.91 Å². The summed E-state index contributed by atoms with van der Waals surface area (Å²) >= 11 is 0. The number of aryl methyl sites for hydroxylation is 1. The Morgan fingerprint density at radius 2 is 2.47 bits per heavy atom. The first kappa shape index (κ1) is 11.7. The zero-order valence-electron chi connectivity index (χ0n) is 9.12. The maximum absolute atomic E-state index is 11.4. The Balaban J connectivity index is 2.34. The molecule has 5 nitrogen and oxygen atoms in total. The minimum atomic E-state index is -0.428. The van der Waals surface area contributed by atoms with E-state index in [-0.39, 0.29) is 5.91 Å². The lowest BCUT2D eigenvalue weighted by Gasteiger charge is -2.09. The molecule has 0 bridgehead atoms. The van der Waals surface area contributed by atoms with Crippen LogP contribution in [0.3, 0.4) is 0 Å². The van der Waals surface area contributed by atoms with Crippen molar-refractivity contribution in [1.82, 2.24) is 10.5 Å². The third-order valence-corrected chi connectivity index (χ3v) is 2.06. The largest absolute Gasteiger partial charge is 0.361 e. The Morgan fingerprint density at radius 1 is 1.73 bits per heavy atom. The number of hydrogen-bond donors (Lipinski definition) is 2. The van der Waals surface area contributed by atoms with Crippen molar-refractivity contribution in [1.29, 1.82) is 0 Å². The highest BCUT2D eigenvalue weighted by Gasteiger charge is 2.12. The van der Waals surface area contributed by atoms with E-state index in [1.165, 1.54) is 0 Å². The van der Waals surface area contributed by atoms with E-state index in [2.05, 4.69) is 10.5 Å². The van der Waals surface area contributed by atoms with Crippen LogP contribution in [-0.4, -0.2) is 17.1 Å². The fourth-order valence-corrected chi connectivity index (χ4v) is 1.25. The molecule has 0 aliphatic rings. The Hall–Kier alpha value is -1.36. The highest BCUT2D eigenvalue weighted by molar-refractivity contribution is 5.81. The van der Waals surface area contributed by atoms with Crippen LogP contribution in [0, 0.1) is 6.92 Å². The topological polar surface area (TPSA) is 81.2 Å². The van der Waals surface area contributed by atoms with Gasteiger partial charge in [-0.15, -0.1) is 0 Å². The second-order valence-electron chi connectivity index (χ2n) is 3.54. The van der Waals surface area contributed by atoms with Crippen LogP contribution in [0.4, 0.5) is 0 Å². The quantitative estimate of drug-likeness (QED) is 0.752. The predicted octanol–water partition coefficient (Wildman–Crippen LogP) is 0.727. The van der Waals surface area contributed by atoms with E-state index in [0.717, 1.165) is 12.2 Å². The van der Waals surface area contributed by atoms with Gasteiger partial charge in [-0.05, 0) is 13.3 Å². The van der Waals surface area contributed by atoms with E-state index in [0.29, 0.717) is 18.7 Å². The number of nitrogens with two attached hydrogens (primary N) is 1. The van der Waals surface area contributed by atoms with Crippen molar-refractivity contribution in [2.45, 2.75) is 39.3 Å². The summed E-state index contributed by atoms with van der Waals surface area (Å²) in [5.74, 6) is 0.592. The van der Waals surface area contributed by atoms with Gasteiger partial charge in [-0.25, -0.2) is 0 Å². The lowest BCUT2D eigenvalue weighted by Crippen LogP contribution is -2.40. The van der Waals surface area contributed by atoms with Crippen molar-refractivity contribution in [3.63, 3.8) is 0 Å². The number of hydrogen-bond acceptors (Lipinski definition) is 4. The molecule has 1 atom stereocenters. The Labute approximate surface area is 89.0 Å². The third-order valence-electron chi connectivity index (χ3n) is 2.06. The molecule has 1 amide bonds. The van der Waals surface area contributed by atoms with Crippen molar-refractivity contribution in [3.8, 4) is 0 Å². The summed E-state index contributed by atoms with van der Waals surface area (Å²) in [6, 6.07) is 1.36. The normalized spacial score (nSPS) is 12.5. The van der Waals surface area contributed by atoms with Crippen molar-refractivity contribution < 1.29 is 9.32 Å². The number of amides is 1. The van der Waals surface area contributed by atoms with Crippen LogP contribution in [0.1, 0.15) is 31.2 Å². The van der Waals surface area contributed by atoms with Gasteiger partial charge in [0.15, 0.2) is 0 Å². The number of carbonyl (C=O) groups excluding carboxylic acids is 1. The number of carbonyl (C=O) groups is 1. The molecule has 0 fully saturated rings. The predicted molar refractivity (Wildman–Crippen MR) is 56.0 cm³/mol. The summed E-state index contributed by atoms with van der Waals surface area (Å²) in [5.41, 5.74) is 6.35. The Morgan fingerprint density at radius 3 is 3.00 bits per heavy atom. The van der Waals surface area contributed by atoms with Crippen LogP contribution < -0.4 is 11.1 Å². The molecular weight excluding hydrogens is 194 g/mol. The van der Waals surface area contributed by atoms with Gasteiger partial charge in [0, 0.05) is 6.07 Å². The van der Waals surface area contributed by atoms with Crippen molar-refractivity contribution in [2.24, 2.45) is 5.73 Å². The molecule has 0 aliphatic carbocycles.